The van der Waals surface area contributed by atoms with Crippen LogP contribution in [-0.4, -0.2) is 12.3 Å². The molecule has 2 nitrogen and oxygen atoms in total. The molecule has 83 valence electrons. The van der Waals surface area contributed by atoms with E-state index in [1.54, 1.807) is 0 Å². The highest BCUT2D eigenvalue weighted by Crippen LogP contribution is 2.39. The van der Waals surface area contributed by atoms with E-state index >= 15 is 0 Å². The quantitative estimate of drug-likeness (QED) is 0.712. The van der Waals surface area contributed by atoms with Crippen molar-refractivity contribution in [1.29, 1.82) is 0 Å². The lowest BCUT2D eigenvalue weighted by Gasteiger charge is -2.19. The lowest BCUT2D eigenvalue weighted by Crippen LogP contribution is -2.41. The van der Waals surface area contributed by atoms with Crippen molar-refractivity contribution in [3.8, 4) is 11.5 Å². The molecule has 0 heterocycles. The summed E-state index contributed by atoms with van der Waals surface area (Å²) < 4.78 is 63.0. The van der Waals surface area contributed by atoms with Crippen molar-refractivity contribution >= 4 is 0 Å². The van der Waals surface area contributed by atoms with Gasteiger partial charge in [0.1, 0.15) is 0 Å². The van der Waals surface area contributed by atoms with Gasteiger partial charge in [-0.1, -0.05) is 12.1 Å². The van der Waals surface area contributed by atoms with E-state index in [1.807, 2.05) is 0 Å². The molecular formula is C8H4F5O2. The van der Waals surface area contributed by atoms with E-state index in [2.05, 4.69) is 4.74 Å². The van der Waals surface area contributed by atoms with Gasteiger partial charge in [0.25, 0.3) is 0 Å². The Labute approximate surface area is 80.9 Å². The Kier molecular flexibility index (Phi) is 2.74. The molecule has 0 N–H and O–H groups in total. The first-order chi connectivity index (χ1) is 6.74. The number of halogens is 5. The first-order valence-corrected chi connectivity index (χ1v) is 3.63. The van der Waals surface area contributed by atoms with Crippen LogP contribution in [-0.2, 0) is 5.11 Å². The van der Waals surface area contributed by atoms with Crippen LogP contribution in [0.3, 0.4) is 0 Å². The summed E-state index contributed by atoms with van der Waals surface area (Å²) in [6.45, 7) is 0. The van der Waals surface area contributed by atoms with E-state index in [9.17, 15) is 27.1 Å². The molecule has 0 aromatic heterocycles. The van der Waals surface area contributed by atoms with Gasteiger partial charge in [0.2, 0.25) is 5.75 Å². The van der Waals surface area contributed by atoms with Crippen LogP contribution in [0.2, 0.25) is 0 Å². The molecule has 7 heteroatoms. The molecule has 0 fully saturated rings. The zero-order valence-electron chi connectivity index (χ0n) is 7.02. The van der Waals surface area contributed by atoms with Gasteiger partial charge in [0.05, 0.1) is 0 Å². The van der Waals surface area contributed by atoms with Gasteiger partial charge in [-0.15, -0.1) is 0 Å². The first-order valence-electron chi connectivity index (χ1n) is 3.63. The van der Waals surface area contributed by atoms with E-state index in [1.165, 1.54) is 6.07 Å². The summed E-state index contributed by atoms with van der Waals surface area (Å²) in [4.78, 5) is 0. The molecule has 0 aliphatic carbocycles. The minimum Gasteiger partial charge on any atom is -0.422 e. The van der Waals surface area contributed by atoms with Crippen LogP contribution < -0.4 is 4.74 Å². The summed E-state index contributed by atoms with van der Waals surface area (Å²) in [7, 11) is 0. The minimum atomic E-state index is -5.85. The maximum Gasteiger partial charge on any atom is 0.499 e. The van der Waals surface area contributed by atoms with Crippen LogP contribution in [0.25, 0.3) is 0 Å². The maximum absolute atomic E-state index is 12.3. The van der Waals surface area contributed by atoms with Gasteiger partial charge in [-0.3, -0.25) is 5.11 Å². The molecule has 1 rings (SSSR count). The van der Waals surface area contributed by atoms with Crippen LogP contribution in [0.1, 0.15) is 0 Å². The Morgan fingerprint density at radius 3 is 2.00 bits per heavy atom. The lowest BCUT2D eigenvalue weighted by atomic mass is 10.3. The molecule has 0 saturated carbocycles. The van der Waals surface area contributed by atoms with E-state index in [-0.39, 0.29) is 0 Å². The normalized spacial score (nSPS) is 12.6. The van der Waals surface area contributed by atoms with Gasteiger partial charge in [-0.2, -0.15) is 22.0 Å². The number of hydrogen-bond acceptors (Lipinski definition) is 1. The highest BCUT2D eigenvalue weighted by Gasteiger charge is 2.61. The van der Waals surface area contributed by atoms with Crippen LogP contribution in [0.4, 0.5) is 22.0 Å². The van der Waals surface area contributed by atoms with Crippen molar-refractivity contribution in [2.75, 3.05) is 0 Å². The molecule has 1 radical (unpaired) electrons. The fourth-order valence-corrected chi connectivity index (χ4v) is 0.730. The van der Waals surface area contributed by atoms with Gasteiger partial charge < -0.3 is 4.74 Å². The molecule has 0 aliphatic heterocycles. The third kappa shape index (κ3) is 2.48. The van der Waals surface area contributed by atoms with Gasteiger partial charge in [-0.05, 0) is 12.1 Å². The molecule has 0 unspecified atom stereocenters. The predicted molar refractivity (Wildman–Crippen MR) is 38.2 cm³/mol. The smallest absolute Gasteiger partial charge is 0.422 e. The van der Waals surface area contributed by atoms with Crippen molar-refractivity contribution in [3.05, 3.63) is 24.3 Å². The summed E-state index contributed by atoms with van der Waals surface area (Å²) in [6, 6.07) is 3.87. The van der Waals surface area contributed by atoms with Crippen LogP contribution in [0, 0.1) is 0 Å². The Bertz CT molecular complexity index is 347. The molecular weight excluding hydrogens is 223 g/mol. The summed E-state index contributed by atoms with van der Waals surface area (Å²) in [5.41, 5.74) is 0. The average Bonchev–Trinajstić information content (AvgIpc) is 2.06. The van der Waals surface area contributed by atoms with Crippen molar-refractivity contribution in [2.45, 2.75) is 12.3 Å². The van der Waals surface area contributed by atoms with E-state index in [4.69, 9.17) is 0 Å². The number of ether oxygens (including phenoxy) is 1. The van der Waals surface area contributed by atoms with Crippen molar-refractivity contribution in [2.24, 2.45) is 0 Å². The number of rotatable bonds is 2. The summed E-state index contributed by atoms with van der Waals surface area (Å²) in [6.07, 6.45) is -11.2. The second-order valence-corrected chi connectivity index (χ2v) is 2.56. The molecule has 1 aromatic rings. The average molecular weight is 227 g/mol. The maximum atomic E-state index is 12.3. The Hall–Kier alpha value is -1.53. The van der Waals surface area contributed by atoms with Crippen molar-refractivity contribution in [3.63, 3.8) is 0 Å². The summed E-state index contributed by atoms with van der Waals surface area (Å²) in [5, 5.41) is 10.8. The molecule has 0 bridgehead atoms. The lowest BCUT2D eigenvalue weighted by molar-refractivity contribution is -0.360. The third-order valence-corrected chi connectivity index (χ3v) is 1.42. The van der Waals surface area contributed by atoms with Gasteiger partial charge >= 0.3 is 12.3 Å². The fourth-order valence-electron chi connectivity index (χ4n) is 0.730. The van der Waals surface area contributed by atoms with E-state index in [0.717, 1.165) is 18.2 Å². The number of para-hydroxylation sites is 2. The number of hydrogen-bond donors (Lipinski definition) is 0. The van der Waals surface area contributed by atoms with Crippen molar-refractivity contribution in [1.82, 2.24) is 0 Å². The first kappa shape index (κ1) is 11.5. The molecule has 0 saturated heterocycles. The standard InChI is InChI=1S/C8H4F5O2/c9-7(10,11)8(12,13)15-6-4-2-1-3-5(6)14/h1-4H. The highest BCUT2D eigenvalue weighted by molar-refractivity contribution is 5.38. The van der Waals surface area contributed by atoms with Crippen molar-refractivity contribution < 1.29 is 31.8 Å². The number of alkyl halides is 5. The van der Waals surface area contributed by atoms with Gasteiger partial charge in [0.15, 0.2) is 5.75 Å². The van der Waals surface area contributed by atoms with Gasteiger partial charge in [-0.25, -0.2) is 0 Å². The predicted octanol–water partition coefficient (Wildman–Crippen LogP) is 3.36. The molecule has 0 aliphatic rings. The Balaban J connectivity index is 2.92. The zero-order chi connectivity index (χ0) is 11.7. The van der Waals surface area contributed by atoms with Gasteiger partial charge in [0, 0.05) is 0 Å². The fraction of sp³-hybridized carbons (Fsp3) is 0.250. The molecule has 0 spiro atoms. The summed E-state index contributed by atoms with van der Waals surface area (Å²) in [5.74, 6) is -2.08. The molecule has 1 aromatic carbocycles. The zero-order valence-corrected chi connectivity index (χ0v) is 7.02. The number of benzene rings is 1. The molecule has 15 heavy (non-hydrogen) atoms. The third-order valence-electron chi connectivity index (χ3n) is 1.42. The Morgan fingerprint density at radius 1 is 1.00 bits per heavy atom. The van der Waals surface area contributed by atoms with Crippen LogP contribution in [0.15, 0.2) is 24.3 Å². The second kappa shape index (κ2) is 3.56. The molecule has 0 atom stereocenters. The monoisotopic (exact) mass is 227 g/mol. The van der Waals surface area contributed by atoms with Crippen LogP contribution in [0.5, 0.6) is 11.5 Å². The van der Waals surface area contributed by atoms with E-state index in [0.29, 0.717) is 0 Å². The highest BCUT2D eigenvalue weighted by atomic mass is 19.4. The topological polar surface area (TPSA) is 29.1 Å². The summed E-state index contributed by atoms with van der Waals surface area (Å²) >= 11 is 0. The van der Waals surface area contributed by atoms with E-state index < -0.39 is 23.8 Å². The SMILES string of the molecule is [O]c1ccccc1OC(F)(F)C(F)(F)F. The Morgan fingerprint density at radius 2 is 1.53 bits per heavy atom. The minimum absolute atomic E-state index is 0.738. The van der Waals surface area contributed by atoms with Crippen LogP contribution >= 0.6 is 0 Å². The largest absolute Gasteiger partial charge is 0.499 e. The second-order valence-electron chi connectivity index (χ2n) is 2.56. The molecule has 0 amide bonds.